The molecule has 3 rings (SSSR count). The molecule has 2 aliphatic heterocycles. The van der Waals surface area contributed by atoms with Crippen molar-refractivity contribution < 1.29 is 38.4 Å². The second kappa shape index (κ2) is 14.4. The zero-order valence-corrected chi connectivity index (χ0v) is 23.8. The smallest absolute Gasteiger partial charge is 0.332 e. The molecule has 0 aromatic heterocycles. The molecule has 0 saturated carbocycles. The summed E-state index contributed by atoms with van der Waals surface area (Å²) >= 11 is 5.40. The fourth-order valence-electron chi connectivity index (χ4n) is 3.01. The molecule has 0 amide bonds. The summed E-state index contributed by atoms with van der Waals surface area (Å²) in [6, 6.07) is 0. The Morgan fingerprint density at radius 3 is 1.64 bits per heavy atom. The van der Waals surface area contributed by atoms with E-state index in [0.717, 1.165) is 4.24 Å². The lowest BCUT2D eigenvalue weighted by atomic mass is 10.3. The summed E-state index contributed by atoms with van der Waals surface area (Å²) in [7, 11) is 0. The Kier molecular flexibility index (Phi) is 11.6. The maximum Gasteiger partial charge on any atom is 0.332 e. The Morgan fingerprint density at radius 1 is 0.694 bits per heavy atom. The maximum atomic E-state index is 12.6. The van der Waals surface area contributed by atoms with E-state index in [1.54, 1.807) is 6.92 Å². The van der Waals surface area contributed by atoms with Crippen LogP contribution in [0.1, 0.15) is 53.4 Å². The number of fused-ring (bicyclic) bond motifs is 2. The minimum Gasteiger partial charge on any atom is -0.463 e. The normalized spacial score (nSPS) is 13.8. The van der Waals surface area contributed by atoms with Gasteiger partial charge in [-0.25, -0.2) is 14.6 Å². The molecule has 0 aliphatic carbocycles. The van der Waals surface area contributed by atoms with Gasteiger partial charge < -0.3 is 14.2 Å². The van der Waals surface area contributed by atoms with Crippen LogP contribution in [-0.4, -0.2) is 37.7 Å². The standard InChI is InChI=1S/C24H28O8S4/c1-5-9-14(25)31-19-21-22(34-17(33-21)11-12-30-29-8-4)20(32-15(26)10-6-2)24-23(19)35-18(36-24)13-16(27)28-7-3/h11,13H,5-10,12H2,1-4H3. The fraction of sp³-hybridized carbons (Fsp3) is 0.458. The summed E-state index contributed by atoms with van der Waals surface area (Å²) in [6.45, 7) is 8.30. The van der Waals surface area contributed by atoms with Crippen molar-refractivity contribution in [3.63, 3.8) is 0 Å². The van der Waals surface area contributed by atoms with Gasteiger partial charge >= 0.3 is 17.9 Å². The zero-order chi connectivity index (χ0) is 26.1. The van der Waals surface area contributed by atoms with E-state index < -0.39 is 5.97 Å². The average molecular weight is 573 g/mol. The first-order chi connectivity index (χ1) is 17.4. The minimum absolute atomic E-state index is 0.239. The SMILES string of the molecule is CCCC(=O)Oc1c2c(c(OC(=O)CCC)c3c1SC(=CC(=O)OCC)S3)SC(=CCOOCC)S2. The molecule has 0 spiro atoms. The van der Waals surface area contributed by atoms with Gasteiger partial charge in [0.15, 0.2) is 11.5 Å². The number of carbonyl (C=O) groups is 3. The summed E-state index contributed by atoms with van der Waals surface area (Å²) < 4.78 is 18.3. The molecule has 2 heterocycles. The van der Waals surface area contributed by atoms with Gasteiger partial charge in [0, 0.05) is 23.2 Å². The van der Waals surface area contributed by atoms with Crippen LogP contribution in [0.2, 0.25) is 0 Å². The fourth-order valence-corrected chi connectivity index (χ4v) is 8.08. The van der Waals surface area contributed by atoms with E-state index in [0.29, 0.717) is 54.8 Å². The van der Waals surface area contributed by atoms with Crippen LogP contribution < -0.4 is 9.47 Å². The van der Waals surface area contributed by atoms with Gasteiger partial charge in [-0.3, -0.25) is 9.59 Å². The van der Waals surface area contributed by atoms with Crippen LogP contribution in [0.25, 0.3) is 0 Å². The number of hydrogen-bond donors (Lipinski definition) is 0. The van der Waals surface area contributed by atoms with Gasteiger partial charge in [-0.1, -0.05) is 60.9 Å². The van der Waals surface area contributed by atoms with Crippen molar-refractivity contribution in [1.82, 2.24) is 0 Å². The molecular weight excluding hydrogens is 545 g/mol. The molecule has 36 heavy (non-hydrogen) atoms. The first kappa shape index (κ1) is 29.0. The molecule has 1 aromatic rings. The zero-order valence-electron chi connectivity index (χ0n) is 20.5. The quantitative estimate of drug-likeness (QED) is 0.0665. The van der Waals surface area contributed by atoms with E-state index in [2.05, 4.69) is 0 Å². The van der Waals surface area contributed by atoms with Gasteiger partial charge in [0.1, 0.15) is 6.61 Å². The molecule has 12 heteroatoms. The molecule has 0 N–H and O–H groups in total. The van der Waals surface area contributed by atoms with Crippen LogP contribution in [0.15, 0.2) is 40.2 Å². The summed E-state index contributed by atoms with van der Waals surface area (Å²) in [5.41, 5.74) is 0. The van der Waals surface area contributed by atoms with Gasteiger partial charge in [0.2, 0.25) is 0 Å². The van der Waals surface area contributed by atoms with E-state index >= 15 is 0 Å². The monoisotopic (exact) mass is 572 g/mol. The molecule has 8 nitrogen and oxygen atoms in total. The summed E-state index contributed by atoms with van der Waals surface area (Å²) in [5.74, 6) is -0.358. The van der Waals surface area contributed by atoms with Crippen molar-refractivity contribution in [3.05, 3.63) is 20.6 Å². The van der Waals surface area contributed by atoms with Gasteiger partial charge in [-0.2, -0.15) is 0 Å². The first-order valence-corrected chi connectivity index (χ1v) is 14.9. The van der Waals surface area contributed by atoms with Crippen molar-refractivity contribution in [2.75, 3.05) is 19.8 Å². The second-order valence-electron chi connectivity index (χ2n) is 7.26. The molecule has 0 bridgehead atoms. The Hall–Kier alpha value is -1.57. The van der Waals surface area contributed by atoms with Crippen LogP contribution in [0.5, 0.6) is 11.5 Å². The third-order valence-electron chi connectivity index (χ3n) is 4.43. The van der Waals surface area contributed by atoms with Crippen molar-refractivity contribution >= 4 is 65.0 Å². The molecule has 196 valence electrons. The number of hydrogen-bond acceptors (Lipinski definition) is 12. The van der Waals surface area contributed by atoms with E-state index in [4.69, 9.17) is 24.0 Å². The number of esters is 3. The van der Waals surface area contributed by atoms with E-state index in [9.17, 15) is 14.4 Å². The predicted molar refractivity (Wildman–Crippen MR) is 141 cm³/mol. The number of ether oxygens (including phenoxy) is 3. The number of carbonyl (C=O) groups excluding carboxylic acids is 3. The third-order valence-corrected chi connectivity index (χ3v) is 9.44. The lowest BCUT2D eigenvalue weighted by Crippen LogP contribution is -2.11. The second-order valence-corrected chi connectivity index (χ2v) is 12.0. The molecule has 0 saturated heterocycles. The largest absolute Gasteiger partial charge is 0.463 e. The molecule has 0 unspecified atom stereocenters. The highest BCUT2D eigenvalue weighted by molar-refractivity contribution is 8.25. The van der Waals surface area contributed by atoms with Gasteiger partial charge in [0.25, 0.3) is 0 Å². The van der Waals surface area contributed by atoms with Crippen molar-refractivity contribution in [1.29, 1.82) is 0 Å². The van der Waals surface area contributed by atoms with Crippen molar-refractivity contribution in [3.8, 4) is 11.5 Å². The molecular formula is C24H28O8S4. The topological polar surface area (TPSA) is 97.4 Å². The molecule has 1 aromatic carbocycles. The number of rotatable bonds is 12. The summed E-state index contributed by atoms with van der Waals surface area (Å²) in [4.78, 5) is 49.9. The van der Waals surface area contributed by atoms with Crippen LogP contribution >= 0.6 is 47.0 Å². The van der Waals surface area contributed by atoms with E-state index in [1.807, 2.05) is 26.8 Å². The summed E-state index contributed by atoms with van der Waals surface area (Å²) in [6.07, 6.45) is 5.08. The first-order valence-electron chi connectivity index (χ1n) is 11.6. The van der Waals surface area contributed by atoms with Crippen molar-refractivity contribution in [2.24, 2.45) is 0 Å². The van der Waals surface area contributed by atoms with Gasteiger partial charge in [0.05, 0.1) is 37.0 Å². The third kappa shape index (κ3) is 7.48. The molecule has 0 radical (unpaired) electrons. The van der Waals surface area contributed by atoms with Crippen LogP contribution in [-0.2, 0) is 28.9 Å². The average Bonchev–Trinajstić information content (AvgIpc) is 3.44. The predicted octanol–water partition coefficient (Wildman–Crippen LogP) is 6.71. The Balaban J connectivity index is 2.07. The van der Waals surface area contributed by atoms with Gasteiger partial charge in [-0.15, -0.1) is 0 Å². The Morgan fingerprint density at radius 2 is 1.19 bits per heavy atom. The van der Waals surface area contributed by atoms with Crippen LogP contribution in [0, 0.1) is 0 Å². The number of benzene rings is 1. The summed E-state index contributed by atoms with van der Waals surface area (Å²) in [5, 5.41) is 0. The van der Waals surface area contributed by atoms with Crippen LogP contribution in [0.4, 0.5) is 0 Å². The molecule has 0 fully saturated rings. The van der Waals surface area contributed by atoms with E-state index in [-0.39, 0.29) is 38.0 Å². The lowest BCUT2D eigenvalue weighted by molar-refractivity contribution is -0.282. The maximum absolute atomic E-state index is 12.6. The highest BCUT2D eigenvalue weighted by Crippen LogP contribution is 2.67. The highest BCUT2D eigenvalue weighted by atomic mass is 32.2. The van der Waals surface area contributed by atoms with Gasteiger partial charge in [-0.05, 0) is 32.8 Å². The lowest BCUT2D eigenvalue weighted by Gasteiger charge is -2.16. The number of thioether (sulfide) groups is 4. The van der Waals surface area contributed by atoms with Crippen LogP contribution in [0.3, 0.4) is 0 Å². The highest BCUT2D eigenvalue weighted by Gasteiger charge is 2.38. The molecule has 2 aliphatic rings. The van der Waals surface area contributed by atoms with E-state index in [1.165, 1.54) is 53.1 Å². The minimum atomic E-state index is -0.467. The Bertz CT molecular complexity index is 1000. The Labute approximate surface area is 227 Å². The van der Waals surface area contributed by atoms with Crippen molar-refractivity contribution in [2.45, 2.75) is 73.0 Å². The molecule has 0 atom stereocenters.